The topological polar surface area (TPSA) is 44.8 Å². The second-order valence-corrected chi connectivity index (χ2v) is 7.39. The molecule has 1 aliphatic heterocycles. The average Bonchev–Trinajstić information content (AvgIpc) is 3.16. The number of aromatic nitrogens is 3. The van der Waals surface area contributed by atoms with Crippen LogP contribution in [0.2, 0.25) is 0 Å². The molecule has 0 radical (unpaired) electrons. The van der Waals surface area contributed by atoms with Crippen molar-refractivity contribution >= 4 is 10.9 Å². The first kappa shape index (κ1) is 16.2. The number of rotatable bonds is 3. The molecule has 1 aliphatic rings. The molecule has 0 spiro atoms. The van der Waals surface area contributed by atoms with Gasteiger partial charge in [0.2, 0.25) is 0 Å². The van der Waals surface area contributed by atoms with Crippen LogP contribution in [-0.2, 0) is 19.5 Å². The first-order valence-corrected chi connectivity index (χ1v) is 9.45. The van der Waals surface area contributed by atoms with Crippen LogP contribution in [0.1, 0.15) is 22.4 Å². The van der Waals surface area contributed by atoms with E-state index in [1.165, 1.54) is 27.6 Å². The van der Waals surface area contributed by atoms with E-state index in [2.05, 4.69) is 70.3 Å². The van der Waals surface area contributed by atoms with Crippen LogP contribution < -0.4 is 0 Å². The van der Waals surface area contributed by atoms with Crippen molar-refractivity contribution in [2.45, 2.75) is 26.4 Å². The third kappa shape index (κ3) is 3.24. The molecule has 0 amide bonds. The Bertz CT molecular complexity index is 1100. The molecule has 27 heavy (non-hydrogen) atoms. The van der Waals surface area contributed by atoms with Gasteiger partial charge in [-0.15, -0.1) is 0 Å². The number of hydrogen-bond acceptors (Lipinski definition) is 3. The normalized spacial score (nSPS) is 14.4. The van der Waals surface area contributed by atoms with Gasteiger partial charge in [0.1, 0.15) is 0 Å². The number of benzene rings is 2. The smallest absolute Gasteiger partial charge is 0.159 e. The van der Waals surface area contributed by atoms with E-state index in [9.17, 15) is 0 Å². The van der Waals surface area contributed by atoms with Gasteiger partial charge in [0.25, 0.3) is 0 Å². The lowest BCUT2D eigenvalue weighted by molar-refractivity contribution is 0.241. The highest BCUT2D eigenvalue weighted by Crippen LogP contribution is 2.23. The quantitative estimate of drug-likeness (QED) is 0.589. The predicted molar refractivity (Wildman–Crippen MR) is 108 cm³/mol. The van der Waals surface area contributed by atoms with E-state index >= 15 is 0 Å². The van der Waals surface area contributed by atoms with Gasteiger partial charge in [-0.2, -0.15) is 0 Å². The first-order valence-electron chi connectivity index (χ1n) is 9.45. The Morgan fingerprint density at radius 3 is 2.85 bits per heavy atom. The van der Waals surface area contributed by atoms with E-state index in [4.69, 9.17) is 4.98 Å². The van der Waals surface area contributed by atoms with Gasteiger partial charge in [-0.3, -0.25) is 4.90 Å². The fourth-order valence-corrected chi connectivity index (χ4v) is 3.79. The molecule has 1 N–H and O–H groups in total. The van der Waals surface area contributed by atoms with Crippen LogP contribution in [0.5, 0.6) is 0 Å². The maximum absolute atomic E-state index is 4.89. The number of aromatic amines is 1. The molecule has 0 saturated heterocycles. The van der Waals surface area contributed by atoms with Gasteiger partial charge in [0, 0.05) is 43.1 Å². The minimum absolute atomic E-state index is 0.823. The minimum atomic E-state index is 0.823. The molecular weight excluding hydrogens is 332 g/mol. The second-order valence-electron chi connectivity index (χ2n) is 7.39. The van der Waals surface area contributed by atoms with Gasteiger partial charge in [0.05, 0.1) is 5.69 Å². The molecule has 4 aromatic rings. The molecule has 0 aliphatic carbocycles. The summed E-state index contributed by atoms with van der Waals surface area (Å²) in [6, 6.07) is 17.2. The van der Waals surface area contributed by atoms with E-state index in [0.29, 0.717) is 0 Å². The summed E-state index contributed by atoms with van der Waals surface area (Å²) in [5.41, 5.74) is 7.31. The summed E-state index contributed by atoms with van der Waals surface area (Å²) in [6.45, 7) is 4.97. The lowest BCUT2D eigenvalue weighted by atomic mass is 10.0. The zero-order valence-corrected chi connectivity index (χ0v) is 15.4. The third-order valence-corrected chi connectivity index (χ3v) is 5.36. The van der Waals surface area contributed by atoms with E-state index in [1.807, 2.05) is 12.4 Å². The molecule has 3 heterocycles. The van der Waals surface area contributed by atoms with Crippen LogP contribution in [0.25, 0.3) is 22.3 Å². The number of nitrogens with zero attached hydrogens (tertiary/aromatic N) is 3. The minimum Gasteiger partial charge on any atom is -0.361 e. The molecule has 0 saturated carbocycles. The number of nitrogens with one attached hydrogen (secondary N) is 1. The van der Waals surface area contributed by atoms with Crippen molar-refractivity contribution in [2.75, 3.05) is 6.54 Å². The lowest BCUT2D eigenvalue weighted by Crippen LogP contribution is -2.31. The number of aryl methyl sites for hydroxylation is 1. The molecule has 0 atom stereocenters. The Morgan fingerprint density at radius 1 is 1.07 bits per heavy atom. The standard InChI is InChI=1S/C23H22N4/c1-16-2-5-18(6-3-16)23-25-13-20-9-11-27(15-22(20)26-23)14-17-4-7-21-19(12-17)8-10-24-21/h2-8,10,12-13,24H,9,11,14-15H2,1H3. The van der Waals surface area contributed by atoms with Crippen LogP contribution in [0.4, 0.5) is 0 Å². The van der Waals surface area contributed by atoms with Crippen molar-refractivity contribution in [2.24, 2.45) is 0 Å². The van der Waals surface area contributed by atoms with Crippen LogP contribution in [0.3, 0.4) is 0 Å². The monoisotopic (exact) mass is 354 g/mol. The molecule has 4 nitrogen and oxygen atoms in total. The fourth-order valence-electron chi connectivity index (χ4n) is 3.79. The third-order valence-electron chi connectivity index (χ3n) is 5.36. The maximum atomic E-state index is 4.89. The lowest BCUT2D eigenvalue weighted by Gasteiger charge is -2.28. The molecule has 5 rings (SSSR count). The van der Waals surface area contributed by atoms with Gasteiger partial charge < -0.3 is 4.98 Å². The predicted octanol–water partition coefficient (Wildman–Crippen LogP) is 4.49. The van der Waals surface area contributed by atoms with Gasteiger partial charge in [-0.05, 0) is 48.1 Å². The summed E-state index contributed by atoms with van der Waals surface area (Å²) in [5.74, 6) is 0.823. The Balaban J connectivity index is 1.37. The summed E-state index contributed by atoms with van der Waals surface area (Å²) >= 11 is 0. The fraction of sp³-hybridized carbons (Fsp3) is 0.217. The molecule has 0 fully saturated rings. The second kappa shape index (κ2) is 6.63. The SMILES string of the molecule is Cc1ccc(-c2ncc3c(n2)CN(Cc2ccc4[nH]ccc4c2)CC3)cc1. The summed E-state index contributed by atoms with van der Waals surface area (Å²) in [7, 11) is 0. The highest BCUT2D eigenvalue weighted by atomic mass is 15.1. The van der Waals surface area contributed by atoms with Crippen molar-refractivity contribution in [3.63, 3.8) is 0 Å². The van der Waals surface area contributed by atoms with Gasteiger partial charge in [-0.25, -0.2) is 9.97 Å². The van der Waals surface area contributed by atoms with E-state index in [1.54, 1.807) is 0 Å². The molecule has 0 bridgehead atoms. The van der Waals surface area contributed by atoms with Crippen molar-refractivity contribution in [3.05, 3.63) is 83.3 Å². The average molecular weight is 354 g/mol. The molecule has 4 heteroatoms. The molecule has 134 valence electrons. The number of hydrogen-bond donors (Lipinski definition) is 1. The molecular formula is C23H22N4. The van der Waals surface area contributed by atoms with E-state index in [0.717, 1.165) is 43.1 Å². The molecule has 2 aromatic heterocycles. The van der Waals surface area contributed by atoms with Crippen LogP contribution >= 0.6 is 0 Å². The van der Waals surface area contributed by atoms with Gasteiger partial charge in [-0.1, -0.05) is 35.9 Å². The summed E-state index contributed by atoms with van der Waals surface area (Å²) < 4.78 is 0. The van der Waals surface area contributed by atoms with E-state index in [-0.39, 0.29) is 0 Å². The van der Waals surface area contributed by atoms with Crippen molar-refractivity contribution in [3.8, 4) is 11.4 Å². The largest absolute Gasteiger partial charge is 0.361 e. The van der Waals surface area contributed by atoms with Crippen molar-refractivity contribution < 1.29 is 0 Å². The zero-order chi connectivity index (χ0) is 18.2. The van der Waals surface area contributed by atoms with Crippen LogP contribution in [0, 0.1) is 6.92 Å². The van der Waals surface area contributed by atoms with Gasteiger partial charge in [0.15, 0.2) is 5.82 Å². The van der Waals surface area contributed by atoms with Crippen LogP contribution in [0.15, 0.2) is 60.9 Å². The zero-order valence-electron chi connectivity index (χ0n) is 15.4. The molecule has 2 aromatic carbocycles. The number of fused-ring (bicyclic) bond motifs is 2. The summed E-state index contributed by atoms with van der Waals surface area (Å²) in [6.07, 6.45) is 5.02. The Hall–Kier alpha value is -2.98. The molecule has 0 unspecified atom stereocenters. The first-order chi connectivity index (χ1) is 13.2. The highest BCUT2D eigenvalue weighted by molar-refractivity contribution is 5.79. The Morgan fingerprint density at radius 2 is 1.96 bits per heavy atom. The Kier molecular flexibility index (Phi) is 3.98. The summed E-state index contributed by atoms with van der Waals surface area (Å²) in [5, 5.41) is 1.27. The van der Waals surface area contributed by atoms with Crippen molar-refractivity contribution in [1.82, 2.24) is 19.9 Å². The maximum Gasteiger partial charge on any atom is 0.159 e. The van der Waals surface area contributed by atoms with Crippen LogP contribution in [-0.4, -0.2) is 26.4 Å². The Labute approximate surface area is 158 Å². The van der Waals surface area contributed by atoms with Gasteiger partial charge >= 0.3 is 0 Å². The summed E-state index contributed by atoms with van der Waals surface area (Å²) in [4.78, 5) is 15.2. The number of H-pyrrole nitrogens is 1. The highest BCUT2D eigenvalue weighted by Gasteiger charge is 2.19. The van der Waals surface area contributed by atoms with Crippen molar-refractivity contribution in [1.29, 1.82) is 0 Å². The van der Waals surface area contributed by atoms with E-state index < -0.39 is 0 Å².